The van der Waals surface area contributed by atoms with E-state index < -0.39 is 0 Å². The van der Waals surface area contributed by atoms with Crippen molar-refractivity contribution in [1.29, 1.82) is 0 Å². The molecule has 142 valence electrons. The molecule has 7 heteroatoms. The van der Waals surface area contributed by atoms with E-state index in [9.17, 15) is 9.59 Å². The third-order valence-corrected chi connectivity index (χ3v) is 5.45. The van der Waals surface area contributed by atoms with Crippen molar-refractivity contribution in [3.8, 4) is 5.75 Å². The molecular weight excluding hydrogens is 374 g/mol. The summed E-state index contributed by atoms with van der Waals surface area (Å²) in [6.07, 6.45) is 1.73. The lowest BCUT2D eigenvalue weighted by Crippen LogP contribution is -2.27. The van der Waals surface area contributed by atoms with E-state index in [1.54, 1.807) is 13.2 Å². The van der Waals surface area contributed by atoms with Gasteiger partial charge in [-0.15, -0.1) is 11.3 Å². The summed E-state index contributed by atoms with van der Waals surface area (Å²) in [5.74, 6) is 0.714. The summed E-state index contributed by atoms with van der Waals surface area (Å²) >= 11 is 1.43. The van der Waals surface area contributed by atoms with Crippen molar-refractivity contribution in [2.75, 3.05) is 7.11 Å². The molecule has 0 aliphatic heterocycles. The van der Waals surface area contributed by atoms with E-state index in [-0.39, 0.29) is 17.9 Å². The van der Waals surface area contributed by atoms with Crippen molar-refractivity contribution in [2.45, 2.75) is 19.5 Å². The van der Waals surface area contributed by atoms with Crippen LogP contribution in [0.1, 0.15) is 12.0 Å². The van der Waals surface area contributed by atoms with Crippen LogP contribution in [-0.2, 0) is 17.9 Å². The van der Waals surface area contributed by atoms with E-state index in [0.717, 1.165) is 26.9 Å². The number of carbonyl (C=O) groups excluding carboxylic acids is 1. The third-order valence-electron chi connectivity index (χ3n) is 4.63. The second kappa shape index (κ2) is 7.82. The van der Waals surface area contributed by atoms with Gasteiger partial charge in [-0.3, -0.25) is 14.2 Å². The number of hydrogen-bond donors (Lipinski definition) is 1. The molecule has 4 rings (SSSR count). The van der Waals surface area contributed by atoms with Gasteiger partial charge in [0, 0.05) is 19.5 Å². The molecule has 0 bridgehead atoms. The fourth-order valence-corrected chi connectivity index (χ4v) is 3.80. The first kappa shape index (κ1) is 18.2. The van der Waals surface area contributed by atoms with Gasteiger partial charge in [0.05, 0.1) is 18.8 Å². The van der Waals surface area contributed by atoms with Gasteiger partial charge in [-0.25, -0.2) is 4.98 Å². The van der Waals surface area contributed by atoms with Gasteiger partial charge in [0.2, 0.25) is 5.91 Å². The summed E-state index contributed by atoms with van der Waals surface area (Å²) in [4.78, 5) is 29.5. The van der Waals surface area contributed by atoms with Crippen LogP contribution >= 0.6 is 11.3 Å². The van der Waals surface area contributed by atoms with E-state index >= 15 is 0 Å². The second-order valence-electron chi connectivity index (χ2n) is 6.46. The average molecular weight is 393 g/mol. The molecule has 2 aromatic heterocycles. The SMILES string of the molecule is COc1ccc2cc(CNC(=O)CCn3cnc4sccc4c3=O)ccc2c1. The monoisotopic (exact) mass is 393 g/mol. The van der Waals surface area contributed by atoms with Gasteiger partial charge in [-0.1, -0.05) is 18.2 Å². The topological polar surface area (TPSA) is 73.2 Å². The van der Waals surface area contributed by atoms with Crippen LogP contribution in [0.3, 0.4) is 0 Å². The van der Waals surface area contributed by atoms with Crippen molar-refractivity contribution >= 4 is 38.2 Å². The number of amides is 1. The summed E-state index contributed by atoms with van der Waals surface area (Å²) in [5.41, 5.74) is 0.911. The first-order valence-corrected chi connectivity index (χ1v) is 9.78. The van der Waals surface area contributed by atoms with Gasteiger partial charge in [0.15, 0.2) is 0 Å². The van der Waals surface area contributed by atoms with Crippen LogP contribution in [0.2, 0.25) is 0 Å². The zero-order valence-electron chi connectivity index (χ0n) is 15.3. The summed E-state index contributed by atoms with van der Waals surface area (Å²) in [6.45, 7) is 0.748. The third kappa shape index (κ3) is 3.75. The lowest BCUT2D eigenvalue weighted by molar-refractivity contribution is -0.121. The average Bonchev–Trinajstić information content (AvgIpc) is 3.21. The number of ether oxygens (including phenoxy) is 1. The molecule has 0 aliphatic rings. The van der Waals surface area contributed by atoms with Gasteiger partial charge in [0.25, 0.3) is 5.56 Å². The Morgan fingerprint density at radius 1 is 1.18 bits per heavy atom. The molecular formula is C21H19N3O3S. The Balaban J connectivity index is 1.36. The fourth-order valence-electron chi connectivity index (χ4n) is 3.07. The van der Waals surface area contributed by atoms with E-state index in [4.69, 9.17) is 4.74 Å². The van der Waals surface area contributed by atoms with Crippen molar-refractivity contribution in [3.63, 3.8) is 0 Å². The van der Waals surface area contributed by atoms with Crippen LogP contribution in [0.15, 0.2) is 59.0 Å². The number of nitrogens with one attached hydrogen (secondary N) is 1. The van der Waals surface area contributed by atoms with Crippen molar-refractivity contribution in [3.05, 3.63) is 70.1 Å². The zero-order valence-corrected chi connectivity index (χ0v) is 16.2. The number of fused-ring (bicyclic) bond motifs is 2. The first-order chi connectivity index (χ1) is 13.6. The van der Waals surface area contributed by atoms with Crippen LogP contribution in [0.5, 0.6) is 5.75 Å². The van der Waals surface area contributed by atoms with Gasteiger partial charge in [-0.05, 0) is 46.0 Å². The molecule has 6 nitrogen and oxygen atoms in total. The largest absolute Gasteiger partial charge is 0.497 e. The van der Waals surface area contributed by atoms with Gasteiger partial charge in [-0.2, -0.15) is 0 Å². The number of benzene rings is 2. The van der Waals surface area contributed by atoms with Crippen LogP contribution < -0.4 is 15.6 Å². The Morgan fingerprint density at radius 2 is 2.00 bits per heavy atom. The molecule has 0 atom stereocenters. The number of carbonyl (C=O) groups is 1. The minimum Gasteiger partial charge on any atom is -0.497 e. The first-order valence-electron chi connectivity index (χ1n) is 8.90. The fraction of sp³-hybridized carbons (Fsp3) is 0.190. The molecule has 0 spiro atoms. The van der Waals surface area contributed by atoms with Gasteiger partial charge >= 0.3 is 0 Å². The molecule has 2 heterocycles. The standard InChI is InChI=1S/C21H19N3O3S/c1-27-17-5-4-15-10-14(2-3-16(15)11-17)12-22-19(25)6-8-24-13-23-20-18(21(24)26)7-9-28-20/h2-5,7,9-11,13H,6,8,12H2,1H3,(H,22,25). The molecule has 28 heavy (non-hydrogen) atoms. The molecule has 1 amide bonds. The number of nitrogens with zero attached hydrogens (tertiary/aromatic N) is 2. The smallest absolute Gasteiger partial charge is 0.262 e. The summed E-state index contributed by atoms with van der Waals surface area (Å²) in [7, 11) is 1.65. The number of aryl methyl sites for hydroxylation is 1. The van der Waals surface area contributed by atoms with E-state index in [2.05, 4.69) is 10.3 Å². The lowest BCUT2D eigenvalue weighted by Gasteiger charge is -2.08. The van der Waals surface area contributed by atoms with Crippen LogP contribution in [0.4, 0.5) is 0 Å². The number of methoxy groups -OCH3 is 1. The summed E-state index contributed by atoms with van der Waals surface area (Å²) < 4.78 is 6.72. The minimum atomic E-state index is -0.107. The maximum Gasteiger partial charge on any atom is 0.262 e. The van der Waals surface area contributed by atoms with Crippen molar-refractivity contribution in [1.82, 2.24) is 14.9 Å². The maximum atomic E-state index is 12.3. The molecule has 0 saturated heterocycles. The van der Waals surface area contributed by atoms with Gasteiger partial charge < -0.3 is 10.1 Å². The maximum absolute atomic E-state index is 12.3. The molecule has 2 aromatic carbocycles. The predicted octanol–water partition coefficient (Wildman–Crippen LogP) is 3.33. The van der Waals surface area contributed by atoms with Crippen LogP contribution in [-0.4, -0.2) is 22.6 Å². The highest BCUT2D eigenvalue weighted by Crippen LogP contribution is 2.21. The predicted molar refractivity (Wildman–Crippen MR) is 111 cm³/mol. The highest BCUT2D eigenvalue weighted by molar-refractivity contribution is 7.16. The zero-order chi connectivity index (χ0) is 19.5. The van der Waals surface area contributed by atoms with Crippen LogP contribution in [0.25, 0.3) is 21.0 Å². The Kier molecular flexibility index (Phi) is 5.08. The van der Waals surface area contributed by atoms with Gasteiger partial charge in [0.1, 0.15) is 10.6 Å². The highest BCUT2D eigenvalue weighted by atomic mass is 32.1. The lowest BCUT2D eigenvalue weighted by atomic mass is 10.1. The quantitative estimate of drug-likeness (QED) is 0.545. The normalized spacial score (nSPS) is 11.0. The minimum absolute atomic E-state index is 0.104. The number of aromatic nitrogens is 2. The van der Waals surface area contributed by atoms with Crippen molar-refractivity contribution < 1.29 is 9.53 Å². The highest BCUT2D eigenvalue weighted by Gasteiger charge is 2.08. The molecule has 1 N–H and O–H groups in total. The molecule has 0 aliphatic carbocycles. The number of rotatable bonds is 6. The molecule has 4 aromatic rings. The summed E-state index contributed by atoms with van der Waals surface area (Å²) in [5, 5.41) is 7.53. The second-order valence-corrected chi connectivity index (χ2v) is 7.35. The van der Waals surface area contributed by atoms with Crippen LogP contribution in [0, 0.1) is 0 Å². The Hall–Kier alpha value is -3.19. The Bertz CT molecular complexity index is 1210. The number of hydrogen-bond acceptors (Lipinski definition) is 5. The Labute approximate surface area is 165 Å². The molecule has 0 radical (unpaired) electrons. The molecule has 0 unspecified atom stereocenters. The molecule has 0 saturated carbocycles. The van der Waals surface area contributed by atoms with E-state index in [1.165, 1.54) is 22.2 Å². The van der Waals surface area contributed by atoms with E-state index in [1.807, 2.05) is 41.8 Å². The van der Waals surface area contributed by atoms with E-state index in [0.29, 0.717) is 18.5 Å². The van der Waals surface area contributed by atoms with Crippen molar-refractivity contribution in [2.24, 2.45) is 0 Å². The molecule has 0 fully saturated rings. The Morgan fingerprint density at radius 3 is 2.86 bits per heavy atom. The number of thiophene rings is 1. The summed E-state index contributed by atoms with van der Waals surface area (Å²) in [6, 6.07) is 13.7.